The van der Waals surface area contributed by atoms with Crippen LogP contribution in [0.1, 0.15) is 13.3 Å². The van der Waals surface area contributed by atoms with E-state index in [9.17, 15) is 9.59 Å². The third kappa shape index (κ3) is 3.24. The van der Waals surface area contributed by atoms with Crippen LogP contribution in [-0.2, 0) is 11.3 Å². The number of carbonyl (C=O) groups excluding carboxylic acids is 1. The Bertz CT molecular complexity index is 787. The second kappa shape index (κ2) is 6.46. The Morgan fingerprint density at radius 1 is 1.30 bits per heavy atom. The van der Waals surface area contributed by atoms with E-state index in [2.05, 4.69) is 0 Å². The SMILES string of the molecule is CC1CN(C(=O)CCn2ccccc2=O)c2cccc(Cl)c2O1. The fourth-order valence-corrected chi connectivity index (χ4v) is 2.87. The van der Waals surface area contributed by atoms with Crippen LogP contribution in [0.15, 0.2) is 47.4 Å². The number of hydrogen-bond acceptors (Lipinski definition) is 3. The first kappa shape index (κ1) is 15.6. The molecule has 1 aromatic heterocycles. The average Bonchev–Trinajstić information content (AvgIpc) is 2.54. The van der Waals surface area contributed by atoms with Gasteiger partial charge in [-0.15, -0.1) is 0 Å². The lowest BCUT2D eigenvalue weighted by atomic mass is 10.2. The Balaban J connectivity index is 1.79. The summed E-state index contributed by atoms with van der Waals surface area (Å²) in [5, 5.41) is 0.492. The van der Waals surface area contributed by atoms with Crippen molar-refractivity contribution in [2.75, 3.05) is 11.4 Å². The van der Waals surface area contributed by atoms with Crippen LogP contribution >= 0.6 is 11.6 Å². The summed E-state index contributed by atoms with van der Waals surface area (Å²) in [5.41, 5.74) is 0.570. The molecular weight excluding hydrogens is 316 g/mol. The van der Waals surface area contributed by atoms with Gasteiger partial charge < -0.3 is 14.2 Å². The molecule has 0 N–H and O–H groups in total. The molecule has 0 bridgehead atoms. The number of anilines is 1. The number of hydrogen-bond donors (Lipinski definition) is 0. The van der Waals surface area contributed by atoms with Crippen molar-refractivity contribution in [2.24, 2.45) is 0 Å². The number of pyridine rings is 1. The molecule has 0 spiro atoms. The Kier molecular flexibility index (Phi) is 4.39. The van der Waals surface area contributed by atoms with Crippen molar-refractivity contribution in [3.63, 3.8) is 0 Å². The van der Waals surface area contributed by atoms with Gasteiger partial charge in [-0.05, 0) is 25.1 Å². The van der Waals surface area contributed by atoms with Crippen LogP contribution < -0.4 is 15.2 Å². The van der Waals surface area contributed by atoms with Crippen LogP contribution in [0.25, 0.3) is 0 Å². The van der Waals surface area contributed by atoms with E-state index in [0.29, 0.717) is 29.5 Å². The lowest BCUT2D eigenvalue weighted by Crippen LogP contribution is -2.42. The topological polar surface area (TPSA) is 51.5 Å². The van der Waals surface area contributed by atoms with Gasteiger partial charge in [0.15, 0.2) is 5.75 Å². The van der Waals surface area contributed by atoms with Crippen molar-refractivity contribution in [2.45, 2.75) is 26.0 Å². The molecule has 0 radical (unpaired) electrons. The van der Waals surface area contributed by atoms with E-state index in [1.54, 1.807) is 35.4 Å². The summed E-state index contributed by atoms with van der Waals surface area (Å²) >= 11 is 6.16. The van der Waals surface area contributed by atoms with E-state index < -0.39 is 0 Å². The Hall–Kier alpha value is -2.27. The minimum Gasteiger partial charge on any atom is -0.485 e. The highest BCUT2D eigenvalue weighted by Gasteiger charge is 2.28. The molecule has 6 heteroatoms. The van der Waals surface area contributed by atoms with Gasteiger partial charge in [0, 0.05) is 25.2 Å². The van der Waals surface area contributed by atoms with Crippen LogP contribution in [0.5, 0.6) is 5.75 Å². The Labute approximate surface area is 139 Å². The van der Waals surface area contributed by atoms with E-state index in [-0.39, 0.29) is 24.0 Å². The molecule has 2 heterocycles. The molecule has 0 saturated heterocycles. The third-order valence-electron chi connectivity index (χ3n) is 3.76. The smallest absolute Gasteiger partial charge is 0.250 e. The summed E-state index contributed by atoms with van der Waals surface area (Å²) in [6.45, 7) is 2.71. The number of fused-ring (bicyclic) bond motifs is 1. The zero-order valence-electron chi connectivity index (χ0n) is 12.7. The van der Waals surface area contributed by atoms with Crippen LogP contribution in [-0.4, -0.2) is 23.1 Å². The summed E-state index contributed by atoms with van der Waals surface area (Å²) in [4.78, 5) is 26.0. The maximum atomic E-state index is 12.6. The molecule has 1 unspecified atom stereocenters. The minimum atomic E-state index is -0.134. The lowest BCUT2D eigenvalue weighted by Gasteiger charge is -2.34. The monoisotopic (exact) mass is 332 g/mol. The molecule has 120 valence electrons. The second-order valence-electron chi connectivity index (χ2n) is 5.50. The number of halogens is 1. The summed E-state index contributed by atoms with van der Waals surface area (Å²) in [6.07, 6.45) is 1.79. The lowest BCUT2D eigenvalue weighted by molar-refractivity contribution is -0.119. The summed E-state index contributed by atoms with van der Waals surface area (Å²) in [7, 11) is 0. The molecule has 1 aliphatic heterocycles. The number of amides is 1. The van der Waals surface area contributed by atoms with Gasteiger partial charge in [0.2, 0.25) is 5.91 Å². The number of para-hydroxylation sites is 1. The first-order chi connectivity index (χ1) is 11.1. The van der Waals surface area contributed by atoms with E-state index in [4.69, 9.17) is 16.3 Å². The molecule has 1 atom stereocenters. The quantitative estimate of drug-likeness (QED) is 0.868. The number of carbonyl (C=O) groups is 1. The molecule has 0 fully saturated rings. The standard InChI is InChI=1S/C17H17ClN2O3/c1-12-11-20(14-6-4-5-13(18)17(14)23-12)16(22)8-10-19-9-3-2-7-15(19)21/h2-7,9,12H,8,10-11H2,1H3. The second-order valence-corrected chi connectivity index (χ2v) is 5.91. The predicted molar refractivity (Wildman–Crippen MR) is 89.2 cm³/mol. The normalized spacial score (nSPS) is 16.6. The molecule has 5 nitrogen and oxygen atoms in total. The number of ether oxygens (including phenoxy) is 1. The largest absolute Gasteiger partial charge is 0.485 e. The Morgan fingerprint density at radius 3 is 2.91 bits per heavy atom. The number of aryl methyl sites for hydroxylation is 1. The maximum Gasteiger partial charge on any atom is 0.250 e. The Morgan fingerprint density at radius 2 is 2.13 bits per heavy atom. The first-order valence-corrected chi connectivity index (χ1v) is 7.85. The van der Waals surface area contributed by atoms with Gasteiger partial charge in [-0.3, -0.25) is 9.59 Å². The minimum absolute atomic E-state index is 0.0561. The fourth-order valence-electron chi connectivity index (χ4n) is 2.65. The summed E-state index contributed by atoms with van der Waals surface area (Å²) < 4.78 is 7.27. The molecule has 3 rings (SSSR count). The van der Waals surface area contributed by atoms with Gasteiger partial charge in [-0.1, -0.05) is 23.7 Å². The highest BCUT2D eigenvalue weighted by molar-refractivity contribution is 6.32. The van der Waals surface area contributed by atoms with E-state index >= 15 is 0 Å². The maximum absolute atomic E-state index is 12.6. The molecule has 1 amide bonds. The van der Waals surface area contributed by atoms with Gasteiger partial charge in [0.05, 0.1) is 17.3 Å². The third-order valence-corrected chi connectivity index (χ3v) is 4.06. The number of nitrogens with zero attached hydrogens (tertiary/aromatic N) is 2. The zero-order chi connectivity index (χ0) is 16.4. The van der Waals surface area contributed by atoms with Crippen molar-refractivity contribution >= 4 is 23.2 Å². The predicted octanol–water partition coefficient (Wildman–Crippen LogP) is 2.71. The van der Waals surface area contributed by atoms with Gasteiger partial charge >= 0.3 is 0 Å². The molecule has 0 saturated carbocycles. The number of benzene rings is 1. The molecule has 2 aromatic rings. The van der Waals surface area contributed by atoms with E-state index in [1.165, 1.54) is 10.6 Å². The molecule has 1 aromatic carbocycles. The summed E-state index contributed by atoms with van der Waals surface area (Å²) in [5.74, 6) is 0.484. The average molecular weight is 333 g/mol. The van der Waals surface area contributed by atoms with Gasteiger partial charge in [-0.25, -0.2) is 0 Å². The van der Waals surface area contributed by atoms with Crippen molar-refractivity contribution in [3.8, 4) is 5.75 Å². The molecule has 23 heavy (non-hydrogen) atoms. The van der Waals surface area contributed by atoms with Gasteiger partial charge in [0.1, 0.15) is 6.10 Å². The number of aromatic nitrogens is 1. The van der Waals surface area contributed by atoms with E-state index in [0.717, 1.165) is 0 Å². The highest BCUT2D eigenvalue weighted by atomic mass is 35.5. The molecular formula is C17H17ClN2O3. The van der Waals surface area contributed by atoms with Gasteiger partial charge in [0.25, 0.3) is 5.56 Å². The highest BCUT2D eigenvalue weighted by Crippen LogP contribution is 2.39. The molecule has 0 aliphatic carbocycles. The van der Waals surface area contributed by atoms with E-state index in [1.807, 2.05) is 13.0 Å². The van der Waals surface area contributed by atoms with Crippen LogP contribution in [0.3, 0.4) is 0 Å². The first-order valence-electron chi connectivity index (χ1n) is 7.47. The van der Waals surface area contributed by atoms with Crippen molar-refractivity contribution in [3.05, 3.63) is 58.0 Å². The van der Waals surface area contributed by atoms with Crippen LogP contribution in [0.2, 0.25) is 5.02 Å². The fraction of sp³-hybridized carbons (Fsp3) is 0.294. The van der Waals surface area contributed by atoms with Crippen LogP contribution in [0, 0.1) is 0 Å². The molecule has 1 aliphatic rings. The van der Waals surface area contributed by atoms with Crippen LogP contribution in [0.4, 0.5) is 5.69 Å². The number of rotatable bonds is 3. The van der Waals surface area contributed by atoms with Crippen molar-refractivity contribution in [1.82, 2.24) is 4.57 Å². The zero-order valence-corrected chi connectivity index (χ0v) is 13.5. The van der Waals surface area contributed by atoms with Crippen molar-refractivity contribution in [1.29, 1.82) is 0 Å². The summed E-state index contributed by atoms with van der Waals surface area (Å²) in [6, 6.07) is 10.3. The van der Waals surface area contributed by atoms with Crippen molar-refractivity contribution < 1.29 is 9.53 Å². The van der Waals surface area contributed by atoms with Gasteiger partial charge in [-0.2, -0.15) is 0 Å².